The van der Waals surface area contributed by atoms with E-state index in [1.165, 1.54) is 0 Å². The van der Waals surface area contributed by atoms with E-state index in [4.69, 9.17) is 18.9 Å². The predicted molar refractivity (Wildman–Crippen MR) is 164 cm³/mol. The first kappa shape index (κ1) is 28.7. The second kappa shape index (κ2) is 14.7. The summed E-state index contributed by atoms with van der Waals surface area (Å²) in [5.74, 6) is 2.48. The Hall–Kier alpha value is -4.78. The van der Waals surface area contributed by atoms with E-state index in [0.29, 0.717) is 23.0 Å². The molecule has 2 atom stereocenters. The summed E-state index contributed by atoms with van der Waals surface area (Å²) in [6.07, 6.45) is -1.67. The molecule has 0 heterocycles. The lowest BCUT2D eigenvalue weighted by Crippen LogP contribution is -2.25. The van der Waals surface area contributed by atoms with Crippen LogP contribution in [-0.4, -0.2) is 48.8 Å². The predicted octanol–water partition coefficient (Wildman–Crippen LogP) is 6.66. The Balaban J connectivity index is 1.07. The van der Waals surface area contributed by atoms with E-state index in [1.54, 1.807) is 24.3 Å². The largest absolute Gasteiger partial charge is 0.491 e. The van der Waals surface area contributed by atoms with Crippen molar-refractivity contribution in [3.63, 3.8) is 0 Å². The van der Waals surface area contributed by atoms with Gasteiger partial charge >= 0.3 is 0 Å². The fraction of sp³-hybridized carbons (Fsp3) is 0.167. The molecule has 0 aliphatic rings. The SMILES string of the molecule is OC(COc1cccc(OCC(O)COc2ccccc2-c2ccccc2)c1)COc1ccccc1-c1ccccc1. The molecular formula is C36H34O6. The average molecular weight is 563 g/mol. The zero-order valence-corrected chi connectivity index (χ0v) is 23.2. The number of benzene rings is 5. The van der Waals surface area contributed by atoms with E-state index in [2.05, 4.69) is 0 Å². The highest BCUT2D eigenvalue weighted by molar-refractivity contribution is 5.71. The van der Waals surface area contributed by atoms with E-state index in [0.717, 1.165) is 22.3 Å². The highest BCUT2D eigenvalue weighted by Gasteiger charge is 2.12. The molecule has 0 aromatic heterocycles. The van der Waals surface area contributed by atoms with E-state index < -0.39 is 12.2 Å². The van der Waals surface area contributed by atoms with Gasteiger partial charge in [0.05, 0.1) is 0 Å². The van der Waals surface area contributed by atoms with Gasteiger partial charge in [0, 0.05) is 17.2 Å². The van der Waals surface area contributed by atoms with Crippen molar-refractivity contribution in [3.8, 4) is 45.3 Å². The highest BCUT2D eigenvalue weighted by atomic mass is 16.5. The molecular weight excluding hydrogens is 528 g/mol. The Morgan fingerprint density at radius 3 is 1.24 bits per heavy atom. The molecule has 5 aromatic carbocycles. The van der Waals surface area contributed by atoms with Crippen LogP contribution in [0.5, 0.6) is 23.0 Å². The molecule has 6 nitrogen and oxygen atoms in total. The number of ether oxygens (including phenoxy) is 4. The second-order valence-corrected chi connectivity index (χ2v) is 9.75. The third-order valence-corrected chi connectivity index (χ3v) is 6.50. The molecule has 0 radical (unpaired) electrons. The molecule has 5 aromatic rings. The van der Waals surface area contributed by atoms with E-state index in [1.807, 2.05) is 109 Å². The molecule has 6 heteroatoms. The molecule has 0 fully saturated rings. The molecule has 0 saturated heterocycles. The van der Waals surface area contributed by atoms with Crippen LogP contribution in [0, 0.1) is 0 Å². The summed E-state index contributed by atoms with van der Waals surface area (Å²) in [6.45, 7) is 0.266. The average Bonchev–Trinajstić information content (AvgIpc) is 3.06. The highest BCUT2D eigenvalue weighted by Crippen LogP contribution is 2.31. The van der Waals surface area contributed by atoms with Crippen molar-refractivity contribution in [3.05, 3.63) is 133 Å². The normalized spacial score (nSPS) is 12.2. The van der Waals surface area contributed by atoms with Gasteiger partial charge in [0.1, 0.15) is 61.6 Å². The molecule has 5 rings (SSSR count). The summed E-state index contributed by atoms with van der Waals surface area (Å²) in [5.41, 5.74) is 4.02. The topological polar surface area (TPSA) is 77.4 Å². The van der Waals surface area contributed by atoms with Crippen molar-refractivity contribution in [1.29, 1.82) is 0 Å². The Kier molecular flexibility index (Phi) is 10.1. The Labute approximate surface area is 246 Å². The second-order valence-electron chi connectivity index (χ2n) is 9.75. The van der Waals surface area contributed by atoms with Gasteiger partial charge in [-0.05, 0) is 35.4 Å². The summed E-state index contributed by atoms with van der Waals surface area (Å²) < 4.78 is 23.4. The lowest BCUT2D eigenvalue weighted by atomic mass is 10.1. The van der Waals surface area contributed by atoms with Gasteiger partial charge in [-0.3, -0.25) is 0 Å². The van der Waals surface area contributed by atoms with E-state index in [9.17, 15) is 10.2 Å². The molecule has 0 spiro atoms. The van der Waals surface area contributed by atoms with Crippen LogP contribution in [0.1, 0.15) is 0 Å². The van der Waals surface area contributed by atoms with E-state index in [-0.39, 0.29) is 26.4 Å². The standard InChI is InChI=1S/C36H34O6/c37-29(25-41-35-20-9-7-18-33(35)27-12-3-1-4-13-27)23-39-31-16-11-17-32(22-31)40-24-30(38)26-42-36-21-10-8-19-34(36)28-14-5-2-6-15-28/h1-22,29-30,37-38H,23-26H2. The first-order chi connectivity index (χ1) is 20.7. The van der Waals surface area contributed by atoms with Crippen LogP contribution in [0.4, 0.5) is 0 Å². The Bertz CT molecular complexity index is 1410. The third-order valence-electron chi connectivity index (χ3n) is 6.50. The lowest BCUT2D eigenvalue weighted by molar-refractivity contribution is 0.0603. The number of hydrogen-bond acceptors (Lipinski definition) is 6. The molecule has 42 heavy (non-hydrogen) atoms. The van der Waals surface area contributed by atoms with Gasteiger partial charge in [0.15, 0.2) is 0 Å². The molecule has 214 valence electrons. The monoisotopic (exact) mass is 562 g/mol. The van der Waals surface area contributed by atoms with Crippen LogP contribution in [0.15, 0.2) is 133 Å². The maximum atomic E-state index is 10.5. The smallest absolute Gasteiger partial charge is 0.127 e. The summed E-state index contributed by atoms with van der Waals surface area (Å²) in [6, 6.07) is 42.5. The van der Waals surface area contributed by atoms with Gasteiger partial charge < -0.3 is 29.2 Å². The van der Waals surface area contributed by atoms with E-state index >= 15 is 0 Å². The van der Waals surface area contributed by atoms with Gasteiger partial charge in [-0.1, -0.05) is 103 Å². The molecule has 2 N–H and O–H groups in total. The molecule has 0 bridgehead atoms. The first-order valence-electron chi connectivity index (χ1n) is 13.9. The fourth-order valence-corrected chi connectivity index (χ4v) is 4.40. The minimum absolute atomic E-state index is 0.0498. The van der Waals surface area contributed by atoms with Gasteiger partial charge in [0.25, 0.3) is 0 Å². The van der Waals surface area contributed by atoms with Crippen LogP contribution in [0.2, 0.25) is 0 Å². The lowest BCUT2D eigenvalue weighted by Gasteiger charge is -2.17. The van der Waals surface area contributed by atoms with Gasteiger partial charge in [0.2, 0.25) is 0 Å². The van der Waals surface area contributed by atoms with Crippen molar-refractivity contribution < 1.29 is 29.2 Å². The van der Waals surface area contributed by atoms with Crippen LogP contribution < -0.4 is 18.9 Å². The summed E-state index contributed by atoms with van der Waals surface area (Å²) in [5, 5.41) is 21.0. The Morgan fingerprint density at radius 1 is 0.405 bits per heavy atom. The van der Waals surface area contributed by atoms with Crippen molar-refractivity contribution in [2.75, 3.05) is 26.4 Å². The zero-order valence-electron chi connectivity index (χ0n) is 23.2. The maximum Gasteiger partial charge on any atom is 0.127 e. The molecule has 0 amide bonds. The van der Waals surface area contributed by atoms with Gasteiger partial charge in [-0.2, -0.15) is 0 Å². The fourth-order valence-electron chi connectivity index (χ4n) is 4.40. The van der Waals surface area contributed by atoms with Crippen LogP contribution in [0.25, 0.3) is 22.3 Å². The maximum absolute atomic E-state index is 10.5. The number of hydrogen-bond donors (Lipinski definition) is 2. The van der Waals surface area contributed by atoms with Crippen LogP contribution in [0.3, 0.4) is 0 Å². The first-order valence-corrected chi connectivity index (χ1v) is 13.9. The molecule has 0 saturated carbocycles. The zero-order chi connectivity index (χ0) is 29.0. The summed E-state index contributed by atoms with van der Waals surface area (Å²) >= 11 is 0. The number of aliphatic hydroxyl groups is 2. The summed E-state index contributed by atoms with van der Waals surface area (Å²) in [7, 11) is 0. The number of para-hydroxylation sites is 2. The van der Waals surface area contributed by atoms with Crippen molar-refractivity contribution in [2.24, 2.45) is 0 Å². The van der Waals surface area contributed by atoms with Crippen LogP contribution >= 0.6 is 0 Å². The Morgan fingerprint density at radius 2 is 0.786 bits per heavy atom. The summed E-state index contributed by atoms with van der Waals surface area (Å²) in [4.78, 5) is 0. The van der Waals surface area contributed by atoms with Gasteiger partial charge in [-0.25, -0.2) is 0 Å². The third kappa shape index (κ3) is 8.13. The van der Waals surface area contributed by atoms with Crippen molar-refractivity contribution >= 4 is 0 Å². The number of rotatable bonds is 14. The number of aliphatic hydroxyl groups excluding tert-OH is 2. The minimum atomic E-state index is -0.837. The minimum Gasteiger partial charge on any atom is -0.491 e. The quantitative estimate of drug-likeness (QED) is 0.158. The molecule has 0 aliphatic heterocycles. The van der Waals surface area contributed by atoms with Gasteiger partial charge in [-0.15, -0.1) is 0 Å². The van der Waals surface area contributed by atoms with Crippen molar-refractivity contribution in [1.82, 2.24) is 0 Å². The van der Waals surface area contributed by atoms with Crippen molar-refractivity contribution in [2.45, 2.75) is 12.2 Å². The molecule has 0 aliphatic carbocycles. The van der Waals surface area contributed by atoms with Crippen LogP contribution in [-0.2, 0) is 0 Å². The molecule has 2 unspecified atom stereocenters.